The maximum Gasteiger partial charge on any atom is 0.163 e. The van der Waals surface area contributed by atoms with E-state index in [4.69, 9.17) is 31.6 Å². The molecule has 0 radical (unpaired) electrons. The zero-order chi connectivity index (χ0) is 19.9. The third kappa shape index (κ3) is 4.26. The molecule has 1 aliphatic heterocycles. The van der Waals surface area contributed by atoms with Gasteiger partial charge in [-0.1, -0.05) is 18.1 Å². The average molecular weight is 381 g/mol. The third-order valence-electron chi connectivity index (χ3n) is 4.21. The van der Waals surface area contributed by atoms with E-state index in [0.29, 0.717) is 37.1 Å². The summed E-state index contributed by atoms with van der Waals surface area (Å²) in [6.45, 7) is 1.31. The highest BCUT2D eigenvalue weighted by molar-refractivity contribution is 6.10. The first-order valence-corrected chi connectivity index (χ1v) is 8.86. The molecule has 146 valence electrons. The van der Waals surface area contributed by atoms with Crippen molar-refractivity contribution in [2.75, 3.05) is 38.5 Å². The lowest BCUT2D eigenvalue weighted by Crippen LogP contribution is -2.40. The van der Waals surface area contributed by atoms with Gasteiger partial charge in [0, 0.05) is 29.9 Å². The number of nitrogens with zero attached hydrogens (tertiary/aromatic N) is 2. The summed E-state index contributed by atoms with van der Waals surface area (Å²) in [6.07, 6.45) is 5.50. The van der Waals surface area contributed by atoms with Crippen LogP contribution in [-0.4, -0.2) is 44.5 Å². The number of fused-ring (bicyclic) bond motifs is 1. The van der Waals surface area contributed by atoms with Crippen LogP contribution in [0, 0.1) is 12.3 Å². The average Bonchev–Trinajstić information content (AvgIpc) is 2.73. The smallest absolute Gasteiger partial charge is 0.163 e. The molecular weight excluding hydrogens is 358 g/mol. The van der Waals surface area contributed by atoms with Gasteiger partial charge >= 0.3 is 0 Å². The number of aliphatic hydroxyl groups is 1. The predicted molar refractivity (Wildman–Crippen MR) is 108 cm³/mol. The summed E-state index contributed by atoms with van der Waals surface area (Å²) < 4.78 is 16.4. The van der Waals surface area contributed by atoms with Gasteiger partial charge in [0.05, 0.1) is 25.4 Å². The summed E-state index contributed by atoms with van der Waals surface area (Å²) >= 11 is 0. The van der Waals surface area contributed by atoms with E-state index < -0.39 is 0 Å². The number of rotatable bonds is 8. The molecule has 0 aromatic heterocycles. The molecule has 28 heavy (non-hydrogen) atoms. The van der Waals surface area contributed by atoms with Crippen molar-refractivity contribution < 1.29 is 19.3 Å². The first kappa shape index (κ1) is 19.7. The van der Waals surface area contributed by atoms with Gasteiger partial charge in [0.15, 0.2) is 11.5 Å². The highest BCUT2D eigenvalue weighted by Crippen LogP contribution is 2.37. The first-order chi connectivity index (χ1) is 13.7. The van der Waals surface area contributed by atoms with Crippen LogP contribution in [0.25, 0.3) is 0 Å². The third-order valence-corrected chi connectivity index (χ3v) is 4.21. The predicted octanol–water partition coefficient (Wildman–Crippen LogP) is 1.70. The van der Waals surface area contributed by atoms with Gasteiger partial charge in [0.25, 0.3) is 0 Å². The van der Waals surface area contributed by atoms with Crippen molar-refractivity contribution in [1.29, 1.82) is 0 Å². The number of terminal acetylenes is 1. The van der Waals surface area contributed by atoms with E-state index in [1.165, 1.54) is 5.01 Å². The Balaban J connectivity index is 1.93. The van der Waals surface area contributed by atoms with Crippen molar-refractivity contribution in [3.8, 4) is 23.8 Å². The molecule has 0 bridgehead atoms. The lowest BCUT2D eigenvalue weighted by molar-refractivity contribution is 0.141. The molecule has 1 heterocycles. The van der Waals surface area contributed by atoms with Crippen molar-refractivity contribution in [2.24, 2.45) is 10.8 Å². The van der Waals surface area contributed by atoms with Gasteiger partial charge in [0.1, 0.15) is 19.0 Å². The van der Waals surface area contributed by atoms with Gasteiger partial charge in [-0.2, -0.15) is 0 Å². The summed E-state index contributed by atoms with van der Waals surface area (Å²) in [4.78, 5) is 4.61. The number of ether oxygens (including phenoxy) is 3. The minimum atomic E-state index is -0.0918. The van der Waals surface area contributed by atoms with E-state index in [0.717, 1.165) is 22.4 Å². The maximum atomic E-state index is 9.07. The van der Waals surface area contributed by atoms with Crippen molar-refractivity contribution >= 4 is 11.5 Å². The van der Waals surface area contributed by atoms with E-state index in [1.807, 2.05) is 36.4 Å². The standard InChI is InChI=1S/C21H23N3O4/c1-3-15-5-4-6-16(11-15)21-23-14-17-12-19(27-8-7-25)20(28-10-9-26-2)13-18(17)24(21)22/h1,4-6,11-13,25H,7-10,14,22H2,2H3. The van der Waals surface area contributed by atoms with Crippen LogP contribution in [0.3, 0.4) is 0 Å². The maximum absolute atomic E-state index is 9.07. The Kier molecular flexibility index (Phi) is 6.50. The Bertz CT molecular complexity index is 905. The Morgan fingerprint density at radius 1 is 1.18 bits per heavy atom. The Labute approximate surface area is 164 Å². The van der Waals surface area contributed by atoms with Crippen LogP contribution >= 0.6 is 0 Å². The lowest BCUT2D eigenvalue weighted by Gasteiger charge is -2.28. The van der Waals surface area contributed by atoms with Crippen LogP contribution in [0.15, 0.2) is 41.4 Å². The highest BCUT2D eigenvalue weighted by Gasteiger charge is 2.23. The number of methoxy groups -OCH3 is 1. The number of nitrogens with two attached hydrogens (primary N) is 1. The molecule has 0 saturated heterocycles. The van der Waals surface area contributed by atoms with E-state index in [-0.39, 0.29) is 13.2 Å². The fraction of sp³-hybridized carbons (Fsp3) is 0.286. The molecular formula is C21H23N3O4. The van der Waals surface area contributed by atoms with Gasteiger partial charge in [0.2, 0.25) is 0 Å². The van der Waals surface area contributed by atoms with Crippen LogP contribution in [-0.2, 0) is 11.3 Å². The Morgan fingerprint density at radius 2 is 1.96 bits per heavy atom. The quantitative estimate of drug-likeness (QED) is 0.411. The van der Waals surface area contributed by atoms with Crippen molar-refractivity contribution in [3.63, 3.8) is 0 Å². The lowest BCUT2D eigenvalue weighted by atomic mass is 10.1. The van der Waals surface area contributed by atoms with Gasteiger partial charge < -0.3 is 19.3 Å². The second-order valence-corrected chi connectivity index (χ2v) is 6.08. The monoisotopic (exact) mass is 381 g/mol. The second kappa shape index (κ2) is 9.24. The number of hydrogen-bond acceptors (Lipinski definition) is 7. The Hall–Kier alpha value is -3.05. The van der Waals surface area contributed by atoms with E-state index in [1.54, 1.807) is 7.11 Å². The number of amidine groups is 1. The van der Waals surface area contributed by atoms with Crippen LogP contribution in [0.1, 0.15) is 16.7 Å². The van der Waals surface area contributed by atoms with Gasteiger partial charge in [-0.05, 0) is 18.2 Å². The van der Waals surface area contributed by atoms with E-state index >= 15 is 0 Å². The van der Waals surface area contributed by atoms with Crippen LogP contribution in [0.5, 0.6) is 11.5 Å². The minimum absolute atomic E-state index is 0.0918. The fourth-order valence-corrected chi connectivity index (χ4v) is 2.89. The topological polar surface area (TPSA) is 89.5 Å². The number of aliphatic imine (C=N–C) groups is 1. The molecule has 2 aromatic rings. The van der Waals surface area contributed by atoms with Gasteiger partial charge in [-0.3, -0.25) is 10.0 Å². The minimum Gasteiger partial charge on any atom is -0.487 e. The van der Waals surface area contributed by atoms with Crippen molar-refractivity contribution in [3.05, 3.63) is 53.1 Å². The highest BCUT2D eigenvalue weighted by atomic mass is 16.5. The first-order valence-electron chi connectivity index (χ1n) is 8.86. The van der Waals surface area contributed by atoms with Crippen LogP contribution in [0.2, 0.25) is 0 Å². The zero-order valence-electron chi connectivity index (χ0n) is 15.7. The van der Waals surface area contributed by atoms with Gasteiger partial charge in [-0.15, -0.1) is 6.42 Å². The summed E-state index contributed by atoms with van der Waals surface area (Å²) in [6, 6.07) is 11.2. The largest absolute Gasteiger partial charge is 0.487 e. The zero-order valence-corrected chi connectivity index (χ0v) is 15.7. The molecule has 0 saturated carbocycles. The number of aliphatic hydroxyl groups excluding tert-OH is 1. The van der Waals surface area contributed by atoms with E-state index in [9.17, 15) is 0 Å². The Morgan fingerprint density at radius 3 is 2.71 bits per heavy atom. The van der Waals surface area contributed by atoms with Crippen LogP contribution < -0.4 is 20.3 Å². The van der Waals surface area contributed by atoms with Crippen molar-refractivity contribution in [1.82, 2.24) is 0 Å². The summed E-state index contributed by atoms with van der Waals surface area (Å²) in [5, 5.41) is 10.6. The van der Waals surface area contributed by atoms with Crippen molar-refractivity contribution in [2.45, 2.75) is 6.54 Å². The number of hydrazine groups is 1. The molecule has 2 aromatic carbocycles. The molecule has 3 rings (SSSR count). The second-order valence-electron chi connectivity index (χ2n) is 6.08. The molecule has 7 heteroatoms. The number of anilines is 1. The summed E-state index contributed by atoms with van der Waals surface area (Å²) in [5.41, 5.74) is 3.26. The molecule has 1 aliphatic rings. The molecule has 0 fully saturated rings. The normalized spacial score (nSPS) is 12.8. The number of benzene rings is 2. The summed E-state index contributed by atoms with van der Waals surface area (Å²) in [5.74, 6) is 10.7. The summed E-state index contributed by atoms with van der Waals surface area (Å²) in [7, 11) is 1.61. The molecule has 3 N–H and O–H groups in total. The molecule has 0 unspecified atom stereocenters. The van der Waals surface area contributed by atoms with Gasteiger partial charge in [-0.25, -0.2) is 5.84 Å². The fourth-order valence-electron chi connectivity index (χ4n) is 2.89. The molecule has 0 amide bonds. The molecule has 0 atom stereocenters. The molecule has 0 spiro atoms. The molecule has 0 aliphatic carbocycles. The molecule has 7 nitrogen and oxygen atoms in total. The van der Waals surface area contributed by atoms with E-state index in [2.05, 4.69) is 10.9 Å². The van der Waals surface area contributed by atoms with Crippen LogP contribution in [0.4, 0.5) is 5.69 Å². The SMILES string of the molecule is C#Cc1cccc(C2=NCc3cc(OCCO)c(OCCOC)cc3N2N)c1. The number of hydrogen-bond donors (Lipinski definition) is 2.